The Morgan fingerprint density at radius 3 is 1.17 bits per heavy atom. The van der Waals surface area contributed by atoms with Gasteiger partial charge < -0.3 is 5.73 Å². The van der Waals surface area contributed by atoms with Crippen LogP contribution in [0, 0.1) is 0 Å². The van der Waals surface area contributed by atoms with Gasteiger partial charge >= 0.3 is 0 Å². The summed E-state index contributed by atoms with van der Waals surface area (Å²) in [6, 6.07) is 0.333. The molecule has 0 saturated carbocycles. The number of hydrogen-bond donors (Lipinski definition) is 1. The first kappa shape index (κ1) is 16.0. The first-order valence-electron chi connectivity index (χ1n) is 1.49. The summed E-state index contributed by atoms with van der Waals surface area (Å²) in [4.78, 5) is 0. The van der Waals surface area contributed by atoms with Crippen LogP contribution >= 0.6 is 24.8 Å². The van der Waals surface area contributed by atoms with Crippen molar-refractivity contribution < 1.29 is 0 Å². The maximum atomic E-state index is 5.11. The summed E-state index contributed by atoms with van der Waals surface area (Å²) < 4.78 is 0. The third-order valence-corrected chi connectivity index (χ3v) is 0. The first-order chi connectivity index (χ1) is 1.73. The highest BCUT2D eigenvalue weighted by Gasteiger charge is 1.67. The van der Waals surface area contributed by atoms with Crippen molar-refractivity contribution in [3.8, 4) is 0 Å². The fraction of sp³-hybridized carbons (Fsp3) is 1.00. The molecule has 0 radical (unpaired) electrons. The monoisotopic (exact) mass is 131 g/mol. The smallest absolute Gasteiger partial charge is 0.00179 e. The first-order valence-corrected chi connectivity index (χ1v) is 1.49. The van der Waals surface area contributed by atoms with E-state index in [1.54, 1.807) is 0 Å². The molecule has 6 heavy (non-hydrogen) atoms. The van der Waals surface area contributed by atoms with Gasteiger partial charge in [0.15, 0.2) is 0 Å². The van der Waals surface area contributed by atoms with Gasteiger partial charge in [0, 0.05) is 0 Å². The molecule has 0 bridgehead atoms. The molecule has 1 nitrogen and oxygen atoms in total. The van der Waals surface area contributed by atoms with Gasteiger partial charge in [-0.25, -0.2) is 0 Å². The zero-order valence-electron chi connectivity index (χ0n) is 3.97. The Labute approximate surface area is 51.1 Å². The molecule has 0 aliphatic carbocycles. The molecule has 0 aromatic heterocycles. The van der Waals surface area contributed by atoms with E-state index in [1.165, 1.54) is 0 Å². The summed E-state index contributed by atoms with van der Waals surface area (Å²) in [7, 11) is 0. The van der Waals surface area contributed by atoms with Crippen LogP contribution in [0.25, 0.3) is 0 Å². The lowest BCUT2D eigenvalue weighted by Gasteiger charge is -1.81. The molecule has 0 amide bonds. The van der Waals surface area contributed by atoms with E-state index < -0.39 is 0 Å². The van der Waals surface area contributed by atoms with Crippen LogP contribution in [0.3, 0.4) is 0 Å². The molecule has 42 valence electrons. The minimum absolute atomic E-state index is 0. The van der Waals surface area contributed by atoms with Gasteiger partial charge in [0.05, 0.1) is 0 Å². The van der Waals surface area contributed by atoms with Crippen LogP contribution in [0.5, 0.6) is 0 Å². The predicted molar refractivity (Wildman–Crippen MR) is 33.8 cm³/mol. The Bertz CT molecular complexity index is 13.5. The molecule has 0 atom stereocenters. The second kappa shape index (κ2) is 9.11. The van der Waals surface area contributed by atoms with Crippen molar-refractivity contribution in [1.29, 1.82) is 0 Å². The quantitative estimate of drug-likeness (QED) is 0.526. The SMILES string of the molecule is CC(C)N.Cl.Cl. The van der Waals surface area contributed by atoms with Gasteiger partial charge in [-0.05, 0) is 6.04 Å². The molecule has 0 aromatic rings. The van der Waals surface area contributed by atoms with Crippen LogP contribution in [-0.4, -0.2) is 6.04 Å². The third kappa shape index (κ3) is 195. The van der Waals surface area contributed by atoms with E-state index in [9.17, 15) is 0 Å². The highest BCUT2D eigenvalue weighted by molar-refractivity contribution is 5.85. The molecule has 0 rings (SSSR count). The summed E-state index contributed by atoms with van der Waals surface area (Å²) in [5.74, 6) is 0. The molecule has 0 saturated heterocycles. The fourth-order valence-corrected chi connectivity index (χ4v) is 0. The van der Waals surface area contributed by atoms with Crippen LogP contribution in [0.2, 0.25) is 0 Å². The van der Waals surface area contributed by atoms with E-state index in [0.717, 1.165) is 0 Å². The number of nitrogens with two attached hydrogens (primary N) is 1. The van der Waals surface area contributed by atoms with Gasteiger partial charge in [-0.2, -0.15) is 0 Å². The summed E-state index contributed by atoms with van der Waals surface area (Å²) in [6.45, 7) is 3.89. The van der Waals surface area contributed by atoms with Crippen molar-refractivity contribution in [3.05, 3.63) is 0 Å². The maximum absolute atomic E-state index is 5.11. The molecule has 3 heteroatoms. The van der Waals surface area contributed by atoms with Crippen molar-refractivity contribution in [2.45, 2.75) is 19.9 Å². The average Bonchev–Trinajstić information content (AvgIpc) is 0.811. The van der Waals surface area contributed by atoms with Crippen molar-refractivity contribution in [2.75, 3.05) is 0 Å². The predicted octanol–water partition coefficient (Wildman–Crippen LogP) is 1.20. The van der Waals surface area contributed by atoms with Crippen LogP contribution in [0.1, 0.15) is 13.8 Å². The second-order valence-corrected chi connectivity index (χ2v) is 1.24. The van der Waals surface area contributed by atoms with E-state index in [1.807, 2.05) is 13.8 Å². The van der Waals surface area contributed by atoms with Gasteiger partial charge in [-0.3, -0.25) is 0 Å². The molecular formula is C3H11Cl2N. The molecule has 0 aliphatic rings. The number of rotatable bonds is 0. The van der Waals surface area contributed by atoms with Crippen LogP contribution in [-0.2, 0) is 0 Å². The molecule has 0 heterocycles. The fourth-order valence-electron chi connectivity index (χ4n) is 0. The van der Waals surface area contributed by atoms with Crippen LogP contribution < -0.4 is 5.73 Å². The normalized spacial score (nSPS) is 6.00. The molecular weight excluding hydrogens is 121 g/mol. The molecule has 0 spiro atoms. The summed E-state index contributed by atoms with van der Waals surface area (Å²) in [5.41, 5.74) is 5.11. The van der Waals surface area contributed by atoms with Gasteiger partial charge in [0.2, 0.25) is 0 Å². The second-order valence-electron chi connectivity index (χ2n) is 1.24. The van der Waals surface area contributed by atoms with Crippen molar-refractivity contribution in [2.24, 2.45) is 5.73 Å². The standard InChI is InChI=1S/C3H9N.2ClH/c1-3(2)4;;/h3H,4H2,1-2H3;2*1H. The van der Waals surface area contributed by atoms with Gasteiger partial charge in [-0.15, -0.1) is 24.8 Å². The highest BCUT2D eigenvalue weighted by Crippen LogP contribution is 1.58. The number of hydrogen-bond acceptors (Lipinski definition) is 1. The van der Waals surface area contributed by atoms with Crippen molar-refractivity contribution >= 4 is 24.8 Å². The summed E-state index contributed by atoms with van der Waals surface area (Å²) in [6.07, 6.45) is 0. The largest absolute Gasteiger partial charge is 0.328 e. The van der Waals surface area contributed by atoms with Gasteiger partial charge in [-0.1, -0.05) is 13.8 Å². The van der Waals surface area contributed by atoms with Crippen LogP contribution in [0.4, 0.5) is 0 Å². The minimum Gasteiger partial charge on any atom is -0.328 e. The molecule has 0 fully saturated rings. The zero-order chi connectivity index (χ0) is 3.58. The maximum Gasteiger partial charge on any atom is -0.00179 e. The lowest BCUT2D eigenvalue weighted by molar-refractivity contribution is 0.834. The van der Waals surface area contributed by atoms with E-state index >= 15 is 0 Å². The Kier molecular flexibility index (Phi) is 24.3. The van der Waals surface area contributed by atoms with E-state index in [-0.39, 0.29) is 24.8 Å². The van der Waals surface area contributed by atoms with Crippen molar-refractivity contribution in [3.63, 3.8) is 0 Å². The van der Waals surface area contributed by atoms with Gasteiger partial charge in [0.25, 0.3) is 0 Å². The average molecular weight is 132 g/mol. The van der Waals surface area contributed by atoms with Crippen molar-refractivity contribution in [1.82, 2.24) is 0 Å². The summed E-state index contributed by atoms with van der Waals surface area (Å²) >= 11 is 0. The van der Waals surface area contributed by atoms with E-state index in [0.29, 0.717) is 6.04 Å². The molecule has 0 aliphatic heterocycles. The highest BCUT2D eigenvalue weighted by atomic mass is 35.5. The Morgan fingerprint density at radius 1 is 1.17 bits per heavy atom. The molecule has 2 N–H and O–H groups in total. The van der Waals surface area contributed by atoms with E-state index in [2.05, 4.69) is 0 Å². The lowest BCUT2D eigenvalue weighted by atomic mass is 10.5. The topological polar surface area (TPSA) is 26.0 Å². The van der Waals surface area contributed by atoms with Gasteiger partial charge in [0.1, 0.15) is 0 Å². The van der Waals surface area contributed by atoms with Crippen LogP contribution in [0.15, 0.2) is 0 Å². The molecule has 0 aromatic carbocycles. The number of halogens is 2. The lowest BCUT2D eigenvalue weighted by Crippen LogP contribution is -2.06. The zero-order valence-corrected chi connectivity index (χ0v) is 5.60. The molecule has 0 unspecified atom stereocenters. The van der Waals surface area contributed by atoms with E-state index in [4.69, 9.17) is 5.73 Å². The Hall–Kier alpha value is 0.540. The summed E-state index contributed by atoms with van der Waals surface area (Å²) in [5, 5.41) is 0. The Morgan fingerprint density at radius 2 is 1.17 bits per heavy atom. The minimum atomic E-state index is 0. The third-order valence-electron chi connectivity index (χ3n) is 0. The Balaban J connectivity index is -0.0000000450.